The second-order valence-electron chi connectivity index (χ2n) is 16.0. The first-order valence-corrected chi connectivity index (χ1v) is 15.5. The van der Waals surface area contributed by atoms with Crippen molar-refractivity contribution in [3.8, 4) is 0 Å². The molecule has 5 rings (SSSR count). The largest absolute Gasteiger partial charge is 0.462 e. The smallest absolute Gasteiger partial charge is 0.302 e. The molecule has 0 radical (unpaired) electrons. The zero-order chi connectivity index (χ0) is 28.1. The highest BCUT2D eigenvalue weighted by molar-refractivity contribution is 5.67. The van der Waals surface area contributed by atoms with Gasteiger partial charge in [-0.1, -0.05) is 53.7 Å². The summed E-state index contributed by atoms with van der Waals surface area (Å²) in [5.41, 5.74) is 1.99. The Balaban J connectivity index is 1.57. The molecule has 11 atom stereocenters. The number of hydrogen-bond donors (Lipinski definition) is 0. The van der Waals surface area contributed by atoms with E-state index in [-0.39, 0.29) is 45.8 Å². The molecular formula is C34H54O4. The van der Waals surface area contributed by atoms with E-state index in [1.54, 1.807) is 6.92 Å². The van der Waals surface area contributed by atoms with E-state index < -0.39 is 0 Å². The summed E-state index contributed by atoms with van der Waals surface area (Å²) in [6, 6.07) is 0. The molecule has 0 N–H and O–H groups in total. The van der Waals surface area contributed by atoms with E-state index in [4.69, 9.17) is 9.47 Å². The van der Waals surface area contributed by atoms with Crippen LogP contribution < -0.4 is 0 Å². The number of carbonyl (C=O) groups excluding carboxylic acids is 2. The molecule has 0 spiro atoms. The zero-order valence-corrected chi connectivity index (χ0v) is 25.7. The van der Waals surface area contributed by atoms with Gasteiger partial charge in [-0.3, -0.25) is 9.59 Å². The predicted molar refractivity (Wildman–Crippen MR) is 151 cm³/mol. The molecule has 5 fully saturated rings. The van der Waals surface area contributed by atoms with Gasteiger partial charge in [0.15, 0.2) is 0 Å². The van der Waals surface area contributed by atoms with Crippen molar-refractivity contribution in [1.29, 1.82) is 0 Å². The molecule has 214 valence electrons. The summed E-state index contributed by atoms with van der Waals surface area (Å²) in [5, 5.41) is 0. The number of carbonyl (C=O) groups is 2. The third-order valence-corrected chi connectivity index (χ3v) is 14.1. The first-order chi connectivity index (χ1) is 17.5. The second-order valence-corrected chi connectivity index (χ2v) is 16.0. The maximum atomic E-state index is 12.5. The van der Waals surface area contributed by atoms with Crippen LogP contribution >= 0.6 is 0 Å². The van der Waals surface area contributed by atoms with E-state index in [1.165, 1.54) is 57.4 Å². The van der Waals surface area contributed by atoms with Gasteiger partial charge in [0.05, 0.1) is 0 Å². The van der Waals surface area contributed by atoms with Gasteiger partial charge in [0, 0.05) is 31.1 Å². The third-order valence-electron chi connectivity index (χ3n) is 14.1. The van der Waals surface area contributed by atoms with Gasteiger partial charge in [-0.25, -0.2) is 0 Å². The van der Waals surface area contributed by atoms with E-state index in [0.717, 1.165) is 18.3 Å². The summed E-state index contributed by atoms with van der Waals surface area (Å²) < 4.78 is 12.2. The van der Waals surface area contributed by atoms with Crippen molar-refractivity contribution < 1.29 is 19.1 Å². The Bertz CT molecular complexity index is 1010. The highest BCUT2D eigenvalue weighted by atomic mass is 16.6. The topological polar surface area (TPSA) is 52.6 Å². The standard InChI is InChI=1S/C34H54O4/c1-20(2)23-13-15-31(7)17-18-32(8)24(29(23)31)11-12-26-33(32,9)16-14-25-30(5,6)27(37-21(3)35)19-28(34(25,26)10)38-22(4)36/h23-29H,1,11-19H2,2-10H3/t23-,24+,25-,26-,27-,28+,29+,31+,32+,33+,34-/m1/s1. The van der Waals surface area contributed by atoms with Crippen LogP contribution in [0, 0.1) is 56.7 Å². The fraction of sp³-hybridized carbons (Fsp3) is 0.882. The molecule has 0 bridgehead atoms. The van der Waals surface area contributed by atoms with Crippen LogP contribution in [0.5, 0.6) is 0 Å². The molecule has 0 amide bonds. The predicted octanol–water partition coefficient (Wildman–Crippen LogP) is 8.14. The number of rotatable bonds is 3. The molecule has 0 unspecified atom stereocenters. The Morgan fingerprint density at radius 2 is 1.34 bits per heavy atom. The van der Waals surface area contributed by atoms with Crippen molar-refractivity contribution >= 4 is 11.9 Å². The molecule has 5 saturated carbocycles. The lowest BCUT2D eigenvalue weighted by Gasteiger charge is -2.73. The van der Waals surface area contributed by atoms with Crippen LogP contribution in [0.1, 0.15) is 120 Å². The minimum absolute atomic E-state index is 0.142. The highest BCUT2D eigenvalue weighted by Crippen LogP contribution is 2.77. The Labute approximate surface area is 232 Å². The average molecular weight is 527 g/mol. The maximum Gasteiger partial charge on any atom is 0.302 e. The van der Waals surface area contributed by atoms with E-state index >= 15 is 0 Å². The molecule has 0 aromatic heterocycles. The van der Waals surface area contributed by atoms with Crippen molar-refractivity contribution in [3.63, 3.8) is 0 Å². The van der Waals surface area contributed by atoms with Crippen molar-refractivity contribution in [2.45, 2.75) is 132 Å². The number of ether oxygens (including phenoxy) is 2. The van der Waals surface area contributed by atoms with Crippen molar-refractivity contribution in [2.24, 2.45) is 56.7 Å². The normalized spacial score (nSPS) is 51.0. The number of fused-ring (bicyclic) bond motifs is 7. The molecular weight excluding hydrogens is 472 g/mol. The summed E-state index contributed by atoms with van der Waals surface area (Å²) in [7, 11) is 0. The SMILES string of the molecule is C=C(C)[C@H]1CC[C@@]2(C)CC[C@@]3(C)[C@@H](CC[C@H]4[C@]5(C)[C@@H](OC(C)=O)C[C@@H](OC(C)=O)C(C)(C)[C@H]5CC[C@@]43C)[C@H]12. The molecule has 5 aliphatic carbocycles. The quantitative estimate of drug-likeness (QED) is 0.275. The fourth-order valence-electron chi connectivity index (χ4n) is 12.2. The van der Waals surface area contributed by atoms with Gasteiger partial charge in [0.2, 0.25) is 0 Å². The van der Waals surface area contributed by atoms with Gasteiger partial charge in [-0.2, -0.15) is 0 Å². The van der Waals surface area contributed by atoms with Crippen LogP contribution in [0.2, 0.25) is 0 Å². The van der Waals surface area contributed by atoms with Crippen LogP contribution in [0.15, 0.2) is 12.2 Å². The molecule has 4 nitrogen and oxygen atoms in total. The van der Waals surface area contributed by atoms with Gasteiger partial charge in [-0.15, -0.1) is 0 Å². The summed E-state index contributed by atoms with van der Waals surface area (Å²) in [4.78, 5) is 24.6. The summed E-state index contributed by atoms with van der Waals surface area (Å²) in [5.74, 6) is 2.48. The Morgan fingerprint density at radius 3 is 1.95 bits per heavy atom. The molecule has 5 aliphatic rings. The van der Waals surface area contributed by atoms with Crippen LogP contribution in [-0.2, 0) is 19.1 Å². The van der Waals surface area contributed by atoms with Crippen LogP contribution in [0.4, 0.5) is 0 Å². The van der Waals surface area contributed by atoms with Crippen molar-refractivity contribution in [1.82, 2.24) is 0 Å². The Kier molecular flexibility index (Phi) is 6.56. The lowest BCUT2D eigenvalue weighted by Crippen LogP contribution is -2.70. The van der Waals surface area contributed by atoms with Crippen LogP contribution in [-0.4, -0.2) is 24.1 Å². The first kappa shape index (κ1) is 28.2. The van der Waals surface area contributed by atoms with Gasteiger partial charge in [0.25, 0.3) is 0 Å². The van der Waals surface area contributed by atoms with E-state index in [2.05, 4.69) is 55.0 Å². The van der Waals surface area contributed by atoms with Gasteiger partial charge in [0.1, 0.15) is 12.2 Å². The van der Waals surface area contributed by atoms with Crippen molar-refractivity contribution in [2.75, 3.05) is 0 Å². The third kappa shape index (κ3) is 3.66. The van der Waals surface area contributed by atoms with Crippen LogP contribution in [0.25, 0.3) is 0 Å². The van der Waals surface area contributed by atoms with E-state index in [1.807, 2.05) is 0 Å². The molecule has 0 aromatic carbocycles. The van der Waals surface area contributed by atoms with Gasteiger partial charge < -0.3 is 9.47 Å². The molecule has 0 aromatic rings. The van der Waals surface area contributed by atoms with Gasteiger partial charge in [-0.05, 0) is 104 Å². The zero-order valence-electron chi connectivity index (χ0n) is 25.7. The molecule has 0 heterocycles. The minimum atomic E-state index is -0.240. The Hall–Kier alpha value is -1.32. The Morgan fingerprint density at radius 1 is 0.711 bits per heavy atom. The summed E-state index contributed by atoms with van der Waals surface area (Å²) in [6.07, 6.45) is 10.2. The minimum Gasteiger partial charge on any atom is -0.462 e. The lowest BCUT2D eigenvalue weighted by molar-refractivity contribution is -0.278. The first-order valence-electron chi connectivity index (χ1n) is 15.5. The summed E-state index contributed by atoms with van der Waals surface area (Å²) >= 11 is 0. The van der Waals surface area contributed by atoms with E-state index in [0.29, 0.717) is 29.6 Å². The number of hydrogen-bond acceptors (Lipinski definition) is 4. The van der Waals surface area contributed by atoms with Crippen LogP contribution in [0.3, 0.4) is 0 Å². The lowest BCUT2D eigenvalue weighted by atomic mass is 9.32. The molecule has 38 heavy (non-hydrogen) atoms. The average Bonchev–Trinajstić information content (AvgIpc) is 3.15. The number of allylic oxidation sites excluding steroid dienone is 1. The molecule has 0 saturated heterocycles. The molecule has 0 aliphatic heterocycles. The summed E-state index contributed by atoms with van der Waals surface area (Å²) in [6.45, 7) is 24.7. The fourth-order valence-corrected chi connectivity index (χ4v) is 12.2. The highest BCUT2D eigenvalue weighted by Gasteiger charge is 2.72. The van der Waals surface area contributed by atoms with Crippen molar-refractivity contribution in [3.05, 3.63) is 12.2 Å². The van der Waals surface area contributed by atoms with Gasteiger partial charge >= 0.3 is 11.9 Å². The maximum absolute atomic E-state index is 12.5. The van der Waals surface area contributed by atoms with E-state index in [9.17, 15) is 9.59 Å². The number of esters is 2. The monoisotopic (exact) mass is 526 g/mol. The molecule has 4 heteroatoms. The second kappa shape index (κ2) is 8.84.